The van der Waals surface area contributed by atoms with Crippen molar-refractivity contribution >= 4 is 23.3 Å². The summed E-state index contributed by atoms with van der Waals surface area (Å²) in [5.41, 5.74) is 5.99. The van der Waals surface area contributed by atoms with Gasteiger partial charge in [0.1, 0.15) is 11.9 Å². The van der Waals surface area contributed by atoms with Crippen LogP contribution in [-0.2, 0) is 27.8 Å². The van der Waals surface area contributed by atoms with Crippen molar-refractivity contribution in [3.05, 3.63) is 83.7 Å². The van der Waals surface area contributed by atoms with Crippen molar-refractivity contribution in [3.8, 4) is 22.4 Å². The number of ether oxygens (including phenoxy) is 1. The molecule has 1 unspecified atom stereocenters. The maximum Gasteiger partial charge on any atom is 0.258 e. The number of morpholine rings is 1. The van der Waals surface area contributed by atoms with Crippen molar-refractivity contribution < 1.29 is 18.7 Å². The van der Waals surface area contributed by atoms with Crippen molar-refractivity contribution in [2.24, 2.45) is 7.05 Å². The highest BCUT2D eigenvalue weighted by atomic mass is 19.1. The van der Waals surface area contributed by atoms with E-state index in [4.69, 9.17) is 4.74 Å². The van der Waals surface area contributed by atoms with E-state index >= 15 is 0 Å². The molecular weight excluding hydrogens is 595 g/mol. The molecule has 2 bridgehead atoms. The highest BCUT2D eigenvalue weighted by Gasteiger charge is 2.52. The largest absolute Gasteiger partial charge is 0.374 e. The van der Waals surface area contributed by atoms with Crippen molar-refractivity contribution in [1.82, 2.24) is 20.1 Å². The number of hydrogen-bond acceptors (Lipinski definition) is 6. The van der Waals surface area contributed by atoms with Crippen LogP contribution in [0, 0.1) is 6.92 Å². The van der Waals surface area contributed by atoms with Gasteiger partial charge < -0.3 is 20.3 Å². The van der Waals surface area contributed by atoms with Crippen LogP contribution in [0.4, 0.5) is 15.9 Å². The zero-order valence-electron chi connectivity index (χ0n) is 26.7. The fourth-order valence-corrected chi connectivity index (χ4v) is 7.65. The first-order valence-corrected chi connectivity index (χ1v) is 16.6. The van der Waals surface area contributed by atoms with Gasteiger partial charge in [0.25, 0.3) is 5.91 Å². The van der Waals surface area contributed by atoms with Gasteiger partial charge in [-0.25, -0.2) is 9.37 Å². The van der Waals surface area contributed by atoms with Gasteiger partial charge in [-0.3, -0.25) is 14.3 Å². The zero-order chi connectivity index (χ0) is 32.3. The number of amides is 2. The monoisotopic (exact) mass is 634 g/mol. The maximum absolute atomic E-state index is 15.0. The lowest BCUT2D eigenvalue weighted by Crippen LogP contribution is -2.51. The molecule has 2 aromatic heterocycles. The van der Waals surface area contributed by atoms with E-state index in [2.05, 4.69) is 49.9 Å². The Labute approximate surface area is 273 Å². The molecule has 4 atom stereocenters. The average Bonchev–Trinajstić information content (AvgIpc) is 3.37. The molecule has 2 aliphatic carbocycles. The van der Waals surface area contributed by atoms with E-state index in [1.54, 1.807) is 0 Å². The summed E-state index contributed by atoms with van der Waals surface area (Å²) < 4.78 is 22.6. The summed E-state index contributed by atoms with van der Waals surface area (Å²) in [6.45, 7) is 3.60. The molecule has 2 aliphatic heterocycles. The van der Waals surface area contributed by atoms with Crippen LogP contribution in [0.5, 0.6) is 0 Å². The third-order valence-corrected chi connectivity index (χ3v) is 10.4. The van der Waals surface area contributed by atoms with Crippen LogP contribution in [0.2, 0.25) is 0 Å². The number of hydrogen-bond donors (Lipinski definition) is 2. The summed E-state index contributed by atoms with van der Waals surface area (Å²) >= 11 is 0. The van der Waals surface area contributed by atoms with Crippen LogP contribution in [0.1, 0.15) is 54.7 Å². The van der Waals surface area contributed by atoms with Gasteiger partial charge >= 0.3 is 0 Å². The normalized spacial score (nSPS) is 22.9. The van der Waals surface area contributed by atoms with Crippen LogP contribution in [0.15, 0.2) is 67.0 Å². The first kappa shape index (κ1) is 29.8. The predicted octanol–water partition coefficient (Wildman–Crippen LogP) is 5.48. The number of carbonyl (C=O) groups excluding carboxylic acids is 2. The van der Waals surface area contributed by atoms with Gasteiger partial charge in [-0.2, -0.15) is 5.10 Å². The van der Waals surface area contributed by atoms with Crippen molar-refractivity contribution in [3.63, 3.8) is 0 Å². The summed E-state index contributed by atoms with van der Waals surface area (Å²) in [6, 6.07) is 17.6. The quantitative estimate of drug-likeness (QED) is 0.266. The Morgan fingerprint density at radius 2 is 1.85 bits per heavy atom. The minimum atomic E-state index is -1.89. The van der Waals surface area contributed by atoms with Crippen LogP contribution >= 0.6 is 0 Å². The molecule has 1 saturated carbocycles. The molecule has 4 aliphatic rings. The Balaban J connectivity index is 1.08. The molecule has 4 heterocycles. The number of benzene rings is 2. The molecule has 10 heteroatoms. The van der Waals surface area contributed by atoms with Crippen molar-refractivity contribution in [2.75, 3.05) is 23.4 Å². The molecule has 4 aromatic rings. The molecule has 47 heavy (non-hydrogen) atoms. The summed E-state index contributed by atoms with van der Waals surface area (Å²) in [7, 11) is 1.90. The van der Waals surface area contributed by atoms with E-state index < -0.39 is 17.6 Å². The topological polar surface area (TPSA) is 101 Å². The molecule has 2 aromatic carbocycles. The van der Waals surface area contributed by atoms with E-state index in [-0.39, 0.29) is 30.8 Å². The number of pyridine rings is 1. The van der Waals surface area contributed by atoms with Gasteiger partial charge in [0.2, 0.25) is 5.91 Å². The Bertz CT molecular complexity index is 1830. The van der Waals surface area contributed by atoms with Gasteiger partial charge in [0, 0.05) is 37.0 Å². The number of nitrogens with one attached hydrogen (secondary N) is 2. The second kappa shape index (κ2) is 11.6. The second-order valence-corrected chi connectivity index (χ2v) is 13.6. The van der Waals surface area contributed by atoms with E-state index in [9.17, 15) is 14.0 Å². The van der Waals surface area contributed by atoms with Gasteiger partial charge in [-0.05, 0) is 97.5 Å². The summed E-state index contributed by atoms with van der Waals surface area (Å²) in [4.78, 5) is 34.2. The smallest absolute Gasteiger partial charge is 0.258 e. The lowest BCUT2D eigenvalue weighted by molar-refractivity contribution is -0.131. The number of carbonyl (C=O) groups is 2. The van der Waals surface area contributed by atoms with Crippen molar-refractivity contribution in [1.29, 1.82) is 0 Å². The average molecular weight is 635 g/mol. The van der Waals surface area contributed by atoms with Crippen LogP contribution in [0.25, 0.3) is 22.4 Å². The van der Waals surface area contributed by atoms with Crippen molar-refractivity contribution in [2.45, 2.75) is 75.2 Å². The van der Waals surface area contributed by atoms with E-state index in [0.29, 0.717) is 18.2 Å². The van der Waals surface area contributed by atoms with Gasteiger partial charge in [-0.15, -0.1) is 0 Å². The highest BCUT2D eigenvalue weighted by molar-refractivity contribution is 6.00. The standard InChI is InChI=1S/C37H39FN6O3/c1-22-19-40-43(2)34(22)24-8-10-27(11-9-24)41-35(45)33(42-36(46)37(38)13-14-37)30-5-3-4-23-6-7-25(16-31(23)30)26-12-15-39-32(17-26)44-20-29-18-28(44)21-47-29/h6-12,15-17,19,28-30,33H,3-5,13-14,18,20-21H2,1-2H3,(H,41,45)(H,42,46)/t28-,29?,30-,33+/m1/s1. The Morgan fingerprint density at radius 3 is 2.55 bits per heavy atom. The molecule has 0 spiro atoms. The Hall–Kier alpha value is -4.57. The van der Waals surface area contributed by atoms with Gasteiger partial charge in [-0.1, -0.05) is 30.3 Å². The summed E-state index contributed by atoms with van der Waals surface area (Å²) in [5, 5.41) is 10.2. The first-order valence-electron chi connectivity index (χ1n) is 16.6. The number of anilines is 2. The zero-order valence-corrected chi connectivity index (χ0v) is 26.7. The van der Waals surface area contributed by atoms with Gasteiger partial charge in [0.15, 0.2) is 5.67 Å². The Morgan fingerprint density at radius 1 is 1.06 bits per heavy atom. The highest BCUT2D eigenvalue weighted by Crippen LogP contribution is 2.42. The number of rotatable bonds is 8. The number of halogens is 1. The molecule has 242 valence electrons. The first-order chi connectivity index (χ1) is 22.8. The summed E-state index contributed by atoms with van der Waals surface area (Å²) in [5.74, 6) is -0.424. The molecule has 3 fully saturated rings. The molecule has 2 saturated heterocycles. The van der Waals surface area contributed by atoms with E-state index in [1.807, 2.05) is 61.4 Å². The number of nitrogens with zero attached hydrogens (tertiary/aromatic N) is 4. The molecule has 9 nitrogen and oxygen atoms in total. The fraction of sp³-hybridized carbons (Fsp3) is 0.405. The summed E-state index contributed by atoms with van der Waals surface area (Å²) in [6.07, 6.45) is 7.80. The number of fused-ring (bicyclic) bond motifs is 3. The lowest BCUT2D eigenvalue weighted by Gasteiger charge is -2.33. The Kier molecular flexibility index (Phi) is 7.35. The maximum atomic E-state index is 15.0. The van der Waals surface area contributed by atoms with E-state index in [1.165, 1.54) is 0 Å². The molecular formula is C37H39FN6O3. The number of aryl methyl sites for hydroxylation is 3. The molecule has 8 rings (SSSR count). The van der Waals surface area contributed by atoms with Crippen LogP contribution in [-0.4, -0.2) is 63.6 Å². The van der Waals surface area contributed by atoms with Crippen LogP contribution < -0.4 is 15.5 Å². The predicted molar refractivity (Wildman–Crippen MR) is 178 cm³/mol. The minimum absolute atomic E-state index is 0.183. The second-order valence-electron chi connectivity index (χ2n) is 13.6. The number of alkyl halides is 1. The minimum Gasteiger partial charge on any atom is -0.374 e. The van der Waals surface area contributed by atoms with Crippen LogP contribution in [0.3, 0.4) is 0 Å². The molecule has 0 radical (unpaired) electrons. The SMILES string of the molecule is Cc1cnn(C)c1-c1ccc(NC(=O)[C@@H](NC(=O)C2(F)CC2)[C@@H]2CCCc3ccc(-c4ccnc(N5CC6C[C@@H]5CO6)c4)cc32)cc1. The van der Waals surface area contributed by atoms with Gasteiger partial charge in [0.05, 0.1) is 30.6 Å². The molecule has 2 N–H and O–H groups in total. The lowest BCUT2D eigenvalue weighted by atomic mass is 9.77. The third kappa shape index (κ3) is 5.58. The molecule has 2 amide bonds. The number of aromatic nitrogens is 3. The fourth-order valence-electron chi connectivity index (χ4n) is 7.65. The van der Waals surface area contributed by atoms with E-state index in [0.717, 1.165) is 77.3 Å². The third-order valence-electron chi connectivity index (χ3n) is 10.4.